The summed E-state index contributed by atoms with van der Waals surface area (Å²) in [5, 5.41) is 3.45. The molecule has 2 rings (SSSR count). The summed E-state index contributed by atoms with van der Waals surface area (Å²) < 4.78 is 0. The molecule has 1 heterocycles. The second-order valence-corrected chi connectivity index (χ2v) is 6.20. The molecule has 90 valence electrons. The second kappa shape index (κ2) is 5.28. The highest BCUT2D eigenvalue weighted by Crippen LogP contribution is 2.35. The van der Waals surface area contributed by atoms with Gasteiger partial charge in [-0.1, -0.05) is 13.3 Å². The Labute approximate surface area is 102 Å². The standard InChI is InChI=1S/C13H22N2S/c1-9-3-4-11(7-14)12(5-9)6-13-15-10(2)8-16-13/h8-9,11-12H,3-7,14H2,1-2H3. The molecule has 0 radical (unpaired) electrons. The predicted molar refractivity (Wildman–Crippen MR) is 69.6 cm³/mol. The molecule has 0 aromatic carbocycles. The Hall–Kier alpha value is -0.410. The van der Waals surface area contributed by atoms with Crippen molar-refractivity contribution in [2.75, 3.05) is 6.54 Å². The minimum absolute atomic E-state index is 0.723. The zero-order chi connectivity index (χ0) is 11.5. The summed E-state index contributed by atoms with van der Waals surface area (Å²) in [6.45, 7) is 5.29. The predicted octanol–water partition coefficient (Wildman–Crippen LogP) is 3.01. The van der Waals surface area contributed by atoms with E-state index in [9.17, 15) is 0 Å². The highest BCUT2D eigenvalue weighted by Gasteiger charge is 2.28. The Balaban J connectivity index is 2.00. The van der Waals surface area contributed by atoms with Crippen molar-refractivity contribution in [2.45, 2.75) is 39.5 Å². The van der Waals surface area contributed by atoms with Crippen LogP contribution in [0.5, 0.6) is 0 Å². The fraction of sp³-hybridized carbons (Fsp3) is 0.769. The molecule has 3 heteroatoms. The van der Waals surface area contributed by atoms with Crippen LogP contribution >= 0.6 is 11.3 Å². The van der Waals surface area contributed by atoms with E-state index in [0.717, 1.165) is 36.4 Å². The van der Waals surface area contributed by atoms with Crippen molar-refractivity contribution in [3.05, 3.63) is 16.1 Å². The summed E-state index contributed by atoms with van der Waals surface area (Å²) in [4.78, 5) is 4.58. The lowest BCUT2D eigenvalue weighted by molar-refractivity contribution is 0.193. The van der Waals surface area contributed by atoms with Gasteiger partial charge in [0.1, 0.15) is 0 Å². The maximum Gasteiger partial charge on any atom is 0.0930 e. The molecule has 0 amide bonds. The Morgan fingerprint density at radius 1 is 1.44 bits per heavy atom. The molecule has 1 aromatic heterocycles. The van der Waals surface area contributed by atoms with Crippen LogP contribution in [0.25, 0.3) is 0 Å². The van der Waals surface area contributed by atoms with Crippen LogP contribution in [0.3, 0.4) is 0 Å². The molecule has 0 bridgehead atoms. The number of aromatic nitrogens is 1. The van der Waals surface area contributed by atoms with Gasteiger partial charge in [0.25, 0.3) is 0 Å². The minimum Gasteiger partial charge on any atom is -0.330 e. The quantitative estimate of drug-likeness (QED) is 0.879. The molecular weight excluding hydrogens is 216 g/mol. The highest BCUT2D eigenvalue weighted by molar-refractivity contribution is 7.09. The summed E-state index contributed by atoms with van der Waals surface area (Å²) in [6, 6.07) is 0. The molecular formula is C13H22N2S. The third-order valence-corrected chi connectivity index (χ3v) is 4.80. The van der Waals surface area contributed by atoms with Gasteiger partial charge < -0.3 is 5.73 Å². The molecule has 1 saturated carbocycles. The number of thiazole rings is 1. The summed E-state index contributed by atoms with van der Waals surface area (Å²) >= 11 is 1.81. The molecule has 2 N–H and O–H groups in total. The summed E-state index contributed by atoms with van der Waals surface area (Å²) in [7, 11) is 0. The molecule has 3 unspecified atom stereocenters. The van der Waals surface area contributed by atoms with Gasteiger partial charge in [0.05, 0.1) is 5.01 Å². The Bertz CT molecular complexity index is 334. The molecule has 2 nitrogen and oxygen atoms in total. The number of hydrogen-bond acceptors (Lipinski definition) is 3. The number of nitrogens with two attached hydrogens (primary N) is 1. The molecule has 1 aliphatic carbocycles. The van der Waals surface area contributed by atoms with Crippen LogP contribution in [0.4, 0.5) is 0 Å². The van der Waals surface area contributed by atoms with E-state index >= 15 is 0 Å². The molecule has 1 aromatic rings. The van der Waals surface area contributed by atoms with E-state index in [1.807, 2.05) is 0 Å². The summed E-state index contributed by atoms with van der Waals surface area (Å²) in [5.41, 5.74) is 7.04. The largest absolute Gasteiger partial charge is 0.330 e. The SMILES string of the molecule is Cc1csc(CC2CC(C)CCC2CN)n1. The Kier molecular flexibility index (Phi) is 3.98. The Morgan fingerprint density at radius 3 is 2.88 bits per heavy atom. The van der Waals surface area contributed by atoms with Crippen molar-refractivity contribution in [3.8, 4) is 0 Å². The number of hydrogen-bond donors (Lipinski definition) is 1. The molecule has 0 aliphatic heterocycles. The van der Waals surface area contributed by atoms with E-state index in [-0.39, 0.29) is 0 Å². The van der Waals surface area contributed by atoms with Gasteiger partial charge in [-0.3, -0.25) is 0 Å². The normalized spacial score (nSPS) is 30.6. The van der Waals surface area contributed by atoms with Gasteiger partial charge in [0, 0.05) is 17.5 Å². The maximum absolute atomic E-state index is 5.88. The maximum atomic E-state index is 5.88. The average molecular weight is 238 g/mol. The smallest absolute Gasteiger partial charge is 0.0930 e. The second-order valence-electron chi connectivity index (χ2n) is 5.26. The molecule has 0 saturated heterocycles. The van der Waals surface area contributed by atoms with Crippen LogP contribution in [0.2, 0.25) is 0 Å². The number of aryl methyl sites for hydroxylation is 1. The van der Waals surface area contributed by atoms with Gasteiger partial charge in [-0.05, 0) is 44.1 Å². The van der Waals surface area contributed by atoms with Crippen LogP contribution in [0.1, 0.15) is 36.9 Å². The van der Waals surface area contributed by atoms with Crippen molar-refractivity contribution in [2.24, 2.45) is 23.5 Å². The number of rotatable bonds is 3. The summed E-state index contributed by atoms with van der Waals surface area (Å²) in [5.74, 6) is 2.36. The monoisotopic (exact) mass is 238 g/mol. The third kappa shape index (κ3) is 2.83. The van der Waals surface area contributed by atoms with Crippen LogP contribution < -0.4 is 5.73 Å². The molecule has 16 heavy (non-hydrogen) atoms. The van der Waals surface area contributed by atoms with Crippen LogP contribution in [0, 0.1) is 24.7 Å². The van der Waals surface area contributed by atoms with Crippen molar-refractivity contribution >= 4 is 11.3 Å². The number of nitrogens with zero attached hydrogens (tertiary/aromatic N) is 1. The minimum atomic E-state index is 0.723. The van der Waals surface area contributed by atoms with Crippen molar-refractivity contribution in [1.82, 2.24) is 4.98 Å². The van der Waals surface area contributed by atoms with E-state index in [2.05, 4.69) is 24.2 Å². The highest BCUT2D eigenvalue weighted by atomic mass is 32.1. The van der Waals surface area contributed by atoms with E-state index in [4.69, 9.17) is 5.73 Å². The van der Waals surface area contributed by atoms with Gasteiger partial charge >= 0.3 is 0 Å². The zero-order valence-electron chi connectivity index (χ0n) is 10.3. The topological polar surface area (TPSA) is 38.9 Å². The van der Waals surface area contributed by atoms with Gasteiger partial charge in [0.15, 0.2) is 0 Å². The van der Waals surface area contributed by atoms with E-state index in [0.29, 0.717) is 0 Å². The van der Waals surface area contributed by atoms with Crippen LogP contribution in [-0.4, -0.2) is 11.5 Å². The van der Waals surface area contributed by atoms with E-state index in [1.54, 1.807) is 11.3 Å². The first-order valence-electron chi connectivity index (χ1n) is 6.30. The summed E-state index contributed by atoms with van der Waals surface area (Å²) in [6.07, 6.45) is 5.15. The molecule has 3 atom stereocenters. The van der Waals surface area contributed by atoms with Crippen LogP contribution in [-0.2, 0) is 6.42 Å². The fourth-order valence-electron chi connectivity index (χ4n) is 2.84. The van der Waals surface area contributed by atoms with Crippen molar-refractivity contribution < 1.29 is 0 Å². The Morgan fingerprint density at radius 2 is 2.25 bits per heavy atom. The van der Waals surface area contributed by atoms with Gasteiger partial charge in [-0.25, -0.2) is 4.98 Å². The van der Waals surface area contributed by atoms with Gasteiger partial charge in [-0.2, -0.15) is 0 Å². The van der Waals surface area contributed by atoms with Crippen LogP contribution in [0.15, 0.2) is 5.38 Å². The fourth-order valence-corrected chi connectivity index (χ4v) is 3.71. The lowest BCUT2D eigenvalue weighted by atomic mass is 9.73. The lowest BCUT2D eigenvalue weighted by Crippen LogP contribution is -2.30. The zero-order valence-corrected chi connectivity index (χ0v) is 11.1. The average Bonchev–Trinajstić information content (AvgIpc) is 2.64. The molecule has 1 fully saturated rings. The molecule has 0 spiro atoms. The first kappa shape index (κ1) is 12.1. The van der Waals surface area contributed by atoms with Crippen molar-refractivity contribution in [1.29, 1.82) is 0 Å². The molecule has 1 aliphatic rings. The third-order valence-electron chi connectivity index (χ3n) is 3.81. The lowest BCUT2D eigenvalue weighted by Gasteiger charge is -2.33. The van der Waals surface area contributed by atoms with Crippen molar-refractivity contribution in [3.63, 3.8) is 0 Å². The van der Waals surface area contributed by atoms with E-state index in [1.165, 1.54) is 24.3 Å². The first-order chi connectivity index (χ1) is 7.69. The first-order valence-corrected chi connectivity index (χ1v) is 7.18. The van der Waals surface area contributed by atoms with Gasteiger partial charge in [-0.15, -0.1) is 11.3 Å². The van der Waals surface area contributed by atoms with E-state index < -0.39 is 0 Å². The van der Waals surface area contributed by atoms with Gasteiger partial charge in [0.2, 0.25) is 0 Å².